The van der Waals surface area contributed by atoms with Gasteiger partial charge in [-0.25, -0.2) is 9.97 Å². The van der Waals surface area contributed by atoms with Crippen molar-refractivity contribution in [1.82, 2.24) is 9.97 Å². The largest absolute Gasteiger partial charge is 0.491 e. The summed E-state index contributed by atoms with van der Waals surface area (Å²) >= 11 is 0. The second-order valence-electron chi connectivity index (χ2n) is 3.20. The van der Waals surface area contributed by atoms with Crippen LogP contribution in [-0.4, -0.2) is 24.1 Å². The monoisotopic (exact) mass is 195 g/mol. The first-order valence-corrected chi connectivity index (χ1v) is 4.81. The zero-order valence-electron chi connectivity index (χ0n) is 9.16. The molecule has 0 aromatic carbocycles. The van der Waals surface area contributed by atoms with E-state index in [9.17, 15) is 0 Å². The SMILES string of the molecule is CCC(C)c1ncc(OC)c(NC)n1. The summed E-state index contributed by atoms with van der Waals surface area (Å²) < 4.78 is 5.12. The van der Waals surface area contributed by atoms with Gasteiger partial charge < -0.3 is 10.1 Å². The van der Waals surface area contributed by atoms with Crippen molar-refractivity contribution < 1.29 is 4.74 Å². The molecular formula is C10H17N3O. The van der Waals surface area contributed by atoms with E-state index in [2.05, 4.69) is 29.1 Å². The molecule has 0 radical (unpaired) electrons. The molecule has 0 saturated carbocycles. The van der Waals surface area contributed by atoms with Crippen molar-refractivity contribution in [1.29, 1.82) is 0 Å². The molecule has 0 amide bonds. The molecule has 0 spiro atoms. The van der Waals surface area contributed by atoms with Gasteiger partial charge in [0.25, 0.3) is 0 Å². The molecule has 1 N–H and O–H groups in total. The van der Waals surface area contributed by atoms with Gasteiger partial charge in [-0.05, 0) is 6.42 Å². The molecular weight excluding hydrogens is 178 g/mol. The number of ether oxygens (including phenoxy) is 1. The summed E-state index contributed by atoms with van der Waals surface area (Å²) in [5.74, 6) is 2.67. The van der Waals surface area contributed by atoms with Crippen molar-refractivity contribution in [3.8, 4) is 5.75 Å². The number of rotatable bonds is 4. The van der Waals surface area contributed by atoms with Gasteiger partial charge in [0.2, 0.25) is 0 Å². The number of nitrogens with one attached hydrogen (secondary N) is 1. The molecule has 1 aromatic rings. The summed E-state index contributed by atoms with van der Waals surface area (Å²) in [4.78, 5) is 8.64. The van der Waals surface area contributed by atoms with Gasteiger partial charge >= 0.3 is 0 Å². The third-order valence-electron chi connectivity index (χ3n) is 2.28. The Bertz CT molecular complexity index is 301. The summed E-state index contributed by atoms with van der Waals surface area (Å²) in [7, 11) is 3.44. The van der Waals surface area contributed by atoms with E-state index in [1.165, 1.54) is 0 Å². The Morgan fingerprint density at radius 3 is 2.79 bits per heavy atom. The highest BCUT2D eigenvalue weighted by atomic mass is 16.5. The average molecular weight is 195 g/mol. The van der Waals surface area contributed by atoms with Gasteiger partial charge in [0.15, 0.2) is 11.6 Å². The fourth-order valence-electron chi connectivity index (χ4n) is 1.13. The topological polar surface area (TPSA) is 47.0 Å². The van der Waals surface area contributed by atoms with Gasteiger partial charge in [0, 0.05) is 13.0 Å². The third-order valence-corrected chi connectivity index (χ3v) is 2.28. The summed E-state index contributed by atoms with van der Waals surface area (Å²) in [6, 6.07) is 0. The Balaban J connectivity index is 3.01. The van der Waals surface area contributed by atoms with Crippen molar-refractivity contribution in [2.75, 3.05) is 19.5 Å². The Morgan fingerprint density at radius 2 is 2.29 bits per heavy atom. The van der Waals surface area contributed by atoms with E-state index < -0.39 is 0 Å². The lowest BCUT2D eigenvalue weighted by Crippen LogP contribution is -2.04. The van der Waals surface area contributed by atoms with Gasteiger partial charge in [0.1, 0.15) is 5.82 Å². The van der Waals surface area contributed by atoms with E-state index >= 15 is 0 Å². The molecule has 4 heteroatoms. The number of nitrogens with zero attached hydrogens (tertiary/aromatic N) is 2. The lowest BCUT2D eigenvalue weighted by Gasteiger charge is -2.11. The Hall–Kier alpha value is -1.32. The van der Waals surface area contributed by atoms with E-state index in [1.807, 2.05) is 7.05 Å². The van der Waals surface area contributed by atoms with Crippen LogP contribution in [0, 0.1) is 0 Å². The molecule has 0 aliphatic carbocycles. The van der Waals surface area contributed by atoms with Gasteiger partial charge in [-0.15, -0.1) is 0 Å². The van der Waals surface area contributed by atoms with Crippen LogP contribution in [0.1, 0.15) is 32.0 Å². The molecule has 78 valence electrons. The molecule has 1 aromatic heterocycles. The first-order valence-electron chi connectivity index (χ1n) is 4.81. The smallest absolute Gasteiger partial charge is 0.179 e. The first-order chi connectivity index (χ1) is 6.72. The number of hydrogen-bond donors (Lipinski definition) is 1. The van der Waals surface area contributed by atoms with Crippen LogP contribution in [-0.2, 0) is 0 Å². The summed E-state index contributed by atoms with van der Waals surface area (Å²) in [6.45, 7) is 4.23. The molecule has 0 fully saturated rings. The van der Waals surface area contributed by atoms with Crippen LogP contribution in [0.15, 0.2) is 6.20 Å². The lowest BCUT2D eigenvalue weighted by atomic mass is 10.1. The van der Waals surface area contributed by atoms with Crippen molar-refractivity contribution in [3.05, 3.63) is 12.0 Å². The predicted octanol–water partition coefficient (Wildman–Crippen LogP) is 2.04. The molecule has 1 atom stereocenters. The Labute approximate surface area is 84.7 Å². The minimum atomic E-state index is 0.382. The zero-order chi connectivity index (χ0) is 10.6. The van der Waals surface area contributed by atoms with Crippen LogP contribution in [0.4, 0.5) is 5.82 Å². The standard InChI is InChI=1S/C10H17N3O/c1-5-7(2)9-12-6-8(14-4)10(11-3)13-9/h6-7H,5H2,1-4H3,(H,11,12,13). The predicted molar refractivity (Wildman–Crippen MR) is 56.8 cm³/mol. The van der Waals surface area contributed by atoms with E-state index in [1.54, 1.807) is 13.3 Å². The second-order valence-corrected chi connectivity index (χ2v) is 3.20. The quantitative estimate of drug-likeness (QED) is 0.798. The summed E-state index contributed by atoms with van der Waals surface area (Å²) in [6.07, 6.45) is 2.75. The highest BCUT2D eigenvalue weighted by molar-refractivity contribution is 5.48. The van der Waals surface area contributed by atoms with E-state index in [-0.39, 0.29) is 0 Å². The fraction of sp³-hybridized carbons (Fsp3) is 0.600. The fourth-order valence-corrected chi connectivity index (χ4v) is 1.13. The maximum absolute atomic E-state index is 5.12. The lowest BCUT2D eigenvalue weighted by molar-refractivity contribution is 0.411. The molecule has 14 heavy (non-hydrogen) atoms. The van der Waals surface area contributed by atoms with Crippen molar-refractivity contribution in [3.63, 3.8) is 0 Å². The van der Waals surface area contributed by atoms with E-state index in [4.69, 9.17) is 4.74 Å². The summed E-state index contributed by atoms with van der Waals surface area (Å²) in [5, 5.41) is 2.99. The number of anilines is 1. The molecule has 1 rings (SSSR count). The molecule has 0 saturated heterocycles. The number of methoxy groups -OCH3 is 1. The molecule has 1 unspecified atom stereocenters. The van der Waals surface area contributed by atoms with Gasteiger partial charge in [-0.2, -0.15) is 0 Å². The maximum atomic E-state index is 5.12. The van der Waals surface area contributed by atoms with Crippen LogP contribution < -0.4 is 10.1 Å². The second kappa shape index (κ2) is 4.79. The van der Waals surface area contributed by atoms with Crippen LogP contribution in [0.25, 0.3) is 0 Å². The van der Waals surface area contributed by atoms with Crippen molar-refractivity contribution in [2.24, 2.45) is 0 Å². The van der Waals surface area contributed by atoms with Gasteiger partial charge in [-0.3, -0.25) is 0 Å². The molecule has 0 bridgehead atoms. The van der Waals surface area contributed by atoms with Crippen LogP contribution >= 0.6 is 0 Å². The van der Waals surface area contributed by atoms with Crippen molar-refractivity contribution >= 4 is 5.82 Å². The highest BCUT2D eigenvalue weighted by Crippen LogP contribution is 2.23. The first kappa shape index (κ1) is 10.8. The minimum Gasteiger partial charge on any atom is -0.491 e. The third kappa shape index (κ3) is 2.13. The van der Waals surface area contributed by atoms with Crippen LogP contribution in [0.3, 0.4) is 0 Å². The Morgan fingerprint density at radius 1 is 1.57 bits per heavy atom. The van der Waals surface area contributed by atoms with E-state index in [0.29, 0.717) is 11.7 Å². The molecule has 0 aliphatic heterocycles. The minimum absolute atomic E-state index is 0.382. The van der Waals surface area contributed by atoms with Gasteiger partial charge in [-0.1, -0.05) is 13.8 Å². The number of hydrogen-bond acceptors (Lipinski definition) is 4. The van der Waals surface area contributed by atoms with E-state index in [0.717, 1.165) is 18.1 Å². The van der Waals surface area contributed by atoms with Gasteiger partial charge in [0.05, 0.1) is 13.3 Å². The van der Waals surface area contributed by atoms with Crippen LogP contribution in [0.5, 0.6) is 5.75 Å². The van der Waals surface area contributed by atoms with Crippen LogP contribution in [0.2, 0.25) is 0 Å². The maximum Gasteiger partial charge on any atom is 0.179 e. The molecule has 1 heterocycles. The normalized spacial score (nSPS) is 12.3. The van der Waals surface area contributed by atoms with Crippen molar-refractivity contribution in [2.45, 2.75) is 26.2 Å². The average Bonchev–Trinajstić information content (AvgIpc) is 2.26. The highest BCUT2D eigenvalue weighted by Gasteiger charge is 2.10. The Kier molecular flexibility index (Phi) is 3.68. The summed E-state index contributed by atoms with van der Waals surface area (Å²) in [5.41, 5.74) is 0. The zero-order valence-corrected chi connectivity index (χ0v) is 9.16. The molecule has 0 aliphatic rings. The number of aromatic nitrogens is 2. The molecule has 4 nitrogen and oxygen atoms in total.